The van der Waals surface area contributed by atoms with Gasteiger partial charge in [0.2, 0.25) is 6.10 Å². The second-order valence-electron chi connectivity index (χ2n) is 4.73. The molecule has 3 N–H and O–H groups in total. The number of hydrogen-bond donors (Lipinski definition) is 2. The van der Waals surface area contributed by atoms with Crippen LogP contribution in [0.15, 0.2) is 53.7 Å². The van der Waals surface area contributed by atoms with E-state index in [4.69, 9.17) is 10.6 Å². The Hall–Kier alpha value is -2.16. The van der Waals surface area contributed by atoms with Gasteiger partial charge >= 0.3 is 0 Å². The van der Waals surface area contributed by atoms with Crippen molar-refractivity contribution in [1.29, 1.82) is 0 Å². The minimum absolute atomic E-state index is 0.0684. The standard InChI is InChI=1S/C16H15FIN3O2/c1-10(16(22)20-14-8-6-13(18)7-9-14)23-21-15(19)11-2-4-12(17)5-3-11/h2-10H,1H3,(H2,19,21)(H,20,22). The van der Waals surface area contributed by atoms with Gasteiger partial charge in [-0.3, -0.25) is 4.79 Å². The molecule has 0 aromatic heterocycles. The molecule has 1 atom stereocenters. The molecule has 1 amide bonds. The number of nitrogens with two attached hydrogens (primary N) is 1. The Labute approximate surface area is 146 Å². The van der Waals surface area contributed by atoms with Gasteiger partial charge in [0.05, 0.1) is 0 Å². The number of amides is 1. The summed E-state index contributed by atoms with van der Waals surface area (Å²) in [6.45, 7) is 1.56. The van der Waals surface area contributed by atoms with Gasteiger partial charge in [-0.05, 0) is 78.0 Å². The number of nitrogens with one attached hydrogen (secondary N) is 1. The summed E-state index contributed by atoms with van der Waals surface area (Å²) in [5.41, 5.74) is 6.91. The maximum Gasteiger partial charge on any atom is 0.267 e. The number of amidine groups is 1. The first kappa shape index (κ1) is 17.2. The van der Waals surface area contributed by atoms with Crippen molar-refractivity contribution in [3.05, 3.63) is 63.5 Å². The van der Waals surface area contributed by atoms with Crippen LogP contribution in [0.5, 0.6) is 0 Å². The Morgan fingerprint density at radius 2 is 1.83 bits per heavy atom. The van der Waals surface area contributed by atoms with Gasteiger partial charge in [-0.1, -0.05) is 5.16 Å². The van der Waals surface area contributed by atoms with Crippen LogP contribution in [0.4, 0.5) is 10.1 Å². The predicted octanol–water partition coefficient (Wildman–Crippen LogP) is 3.09. The summed E-state index contributed by atoms with van der Waals surface area (Å²) >= 11 is 2.18. The van der Waals surface area contributed by atoms with Crippen molar-refractivity contribution in [1.82, 2.24) is 0 Å². The molecule has 5 nitrogen and oxygen atoms in total. The molecule has 2 aromatic rings. The molecule has 1 unspecified atom stereocenters. The number of anilines is 1. The summed E-state index contributed by atoms with van der Waals surface area (Å²) in [5.74, 6) is -0.645. The third kappa shape index (κ3) is 5.20. The first-order valence-electron chi connectivity index (χ1n) is 6.77. The summed E-state index contributed by atoms with van der Waals surface area (Å²) in [6, 6.07) is 12.8. The molecular formula is C16H15FIN3O2. The van der Waals surface area contributed by atoms with Crippen molar-refractivity contribution in [2.45, 2.75) is 13.0 Å². The van der Waals surface area contributed by atoms with Crippen LogP contribution in [0, 0.1) is 9.39 Å². The molecule has 0 heterocycles. The van der Waals surface area contributed by atoms with E-state index in [0.29, 0.717) is 11.3 Å². The van der Waals surface area contributed by atoms with E-state index >= 15 is 0 Å². The Morgan fingerprint density at radius 1 is 1.22 bits per heavy atom. The monoisotopic (exact) mass is 427 g/mol. The zero-order valence-electron chi connectivity index (χ0n) is 12.3. The Balaban J connectivity index is 1.93. The highest BCUT2D eigenvalue weighted by Crippen LogP contribution is 2.12. The fourth-order valence-corrected chi connectivity index (χ4v) is 1.99. The summed E-state index contributed by atoms with van der Waals surface area (Å²) < 4.78 is 13.9. The third-order valence-electron chi connectivity index (χ3n) is 2.93. The molecule has 0 aliphatic carbocycles. The van der Waals surface area contributed by atoms with Crippen LogP contribution in [-0.2, 0) is 9.63 Å². The summed E-state index contributed by atoms with van der Waals surface area (Å²) in [6.07, 6.45) is -0.826. The van der Waals surface area contributed by atoms with E-state index in [1.165, 1.54) is 24.3 Å². The second-order valence-corrected chi connectivity index (χ2v) is 5.97. The van der Waals surface area contributed by atoms with Gasteiger partial charge in [-0.15, -0.1) is 0 Å². The molecule has 0 aliphatic rings. The highest BCUT2D eigenvalue weighted by Gasteiger charge is 2.14. The fourth-order valence-electron chi connectivity index (χ4n) is 1.63. The third-order valence-corrected chi connectivity index (χ3v) is 3.65. The maximum atomic E-state index is 12.8. The molecule has 7 heteroatoms. The lowest BCUT2D eigenvalue weighted by molar-refractivity contribution is -0.126. The average Bonchev–Trinajstić information content (AvgIpc) is 2.55. The van der Waals surface area contributed by atoms with Crippen molar-refractivity contribution in [3.63, 3.8) is 0 Å². The molecule has 23 heavy (non-hydrogen) atoms. The molecule has 0 fully saturated rings. The summed E-state index contributed by atoms with van der Waals surface area (Å²) in [5, 5.41) is 6.42. The lowest BCUT2D eigenvalue weighted by Gasteiger charge is -2.11. The molecule has 0 radical (unpaired) electrons. The fraction of sp³-hybridized carbons (Fsp3) is 0.125. The molecular weight excluding hydrogens is 412 g/mol. The smallest absolute Gasteiger partial charge is 0.267 e. The van der Waals surface area contributed by atoms with E-state index in [2.05, 4.69) is 33.1 Å². The molecule has 2 rings (SSSR count). The molecule has 0 spiro atoms. The maximum absolute atomic E-state index is 12.8. The lowest BCUT2D eigenvalue weighted by atomic mass is 10.2. The first-order chi connectivity index (χ1) is 11.0. The number of rotatable bonds is 5. The molecule has 120 valence electrons. The van der Waals surface area contributed by atoms with Crippen LogP contribution in [0.25, 0.3) is 0 Å². The lowest BCUT2D eigenvalue weighted by Crippen LogP contribution is -2.27. The average molecular weight is 427 g/mol. The number of hydrogen-bond acceptors (Lipinski definition) is 3. The molecule has 2 aromatic carbocycles. The van der Waals surface area contributed by atoms with Crippen molar-refractivity contribution in [2.24, 2.45) is 10.9 Å². The largest absolute Gasteiger partial charge is 0.381 e. The van der Waals surface area contributed by atoms with E-state index < -0.39 is 6.10 Å². The quantitative estimate of drug-likeness (QED) is 0.333. The van der Waals surface area contributed by atoms with Gasteiger partial charge < -0.3 is 15.9 Å². The van der Waals surface area contributed by atoms with Crippen LogP contribution >= 0.6 is 22.6 Å². The summed E-state index contributed by atoms with van der Waals surface area (Å²) in [7, 11) is 0. The van der Waals surface area contributed by atoms with Gasteiger partial charge in [0.15, 0.2) is 5.84 Å². The van der Waals surface area contributed by atoms with Crippen molar-refractivity contribution < 1.29 is 14.0 Å². The predicted molar refractivity (Wildman–Crippen MR) is 95.5 cm³/mol. The van der Waals surface area contributed by atoms with Gasteiger partial charge in [-0.2, -0.15) is 0 Å². The molecule has 0 aliphatic heterocycles. The number of halogens is 2. The molecule has 0 saturated heterocycles. The Kier molecular flexibility index (Phi) is 5.91. The normalized spacial score (nSPS) is 12.6. The summed E-state index contributed by atoms with van der Waals surface area (Å²) in [4.78, 5) is 17.1. The minimum atomic E-state index is -0.826. The van der Waals surface area contributed by atoms with Crippen molar-refractivity contribution in [3.8, 4) is 0 Å². The number of nitrogens with zero attached hydrogens (tertiary/aromatic N) is 1. The second kappa shape index (κ2) is 7.91. The van der Waals surface area contributed by atoms with Gasteiger partial charge in [0.1, 0.15) is 5.82 Å². The number of oxime groups is 1. The van der Waals surface area contributed by atoms with E-state index in [-0.39, 0.29) is 17.6 Å². The van der Waals surface area contributed by atoms with E-state index in [9.17, 15) is 9.18 Å². The Morgan fingerprint density at radius 3 is 2.43 bits per heavy atom. The molecule has 0 bridgehead atoms. The zero-order chi connectivity index (χ0) is 16.8. The first-order valence-corrected chi connectivity index (χ1v) is 7.85. The Bertz CT molecular complexity index is 702. The van der Waals surface area contributed by atoms with Crippen LogP contribution < -0.4 is 11.1 Å². The highest BCUT2D eigenvalue weighted by molar-refractivity contribution is 14.1. The topological polar surface area (TPSA) is 76.7 Å². The highest BCUT2D eigenvalue weighted by atomic mass is 127. The van der Waals surface area contributed by atoms with Gasteiger partial charge in [-0.25, -0.2) is 4.39 Å². The zero-order valence-corrected chi connectivity index (χ0v) is 14.5. The van der Waals surface area contributed by atoms with E-state index in [1.807, 2.05) is 12.1 Å². The van der Waals surface area contributed by atoms with Crippen LogP contribution in [0.2, 0.25) is 0 Å². The number of carbonyl (C=O) groups excluding carboxylic acids is 1. The molecule has 0 saturated carbocycles. The minimum Gasteiger partial charge on any atom is -0.381 e. The van der Waals surface area contributed by atoms with Gasteiger partial charge in [0.25, 0.3) is 5.91 Å². The van der Waals surface area contributed by atoms with Crippen LogP contribution in [-0.4, -0.2) is 17.8 Å². The SMILES string of the molecule is CC(ON=C(N)c1ccc(F)cc1)C(=O)Nc1ccc(I)cc1. The van der Waals surface area contributed by atoms with E-state index in [1.54, 1.807) is 19.1 Å². The van der Waals surface area contributed by atoms with Crippen molar-refractivity contribution in [2.75, 3.05) is 5.32 Å². The van der Waals surface area contributed by atoms with Crippen LogP contribution in [0.3, 0.4) is 0 Å². The van der Waals surface area contributed by atoms with Crippen molar-refractivity contribution >= 4 is 40.0 Å². The van der Waals surface area contributed by atoms with E-state index in [0.717, 1.165) is 3.57 Å². The van der Waals surface area contributed by atoms with Crippen LogP contribution in [0.1, 0.15) is 12.5 Å². The number of carbonyl (C=O) groups is 1. The van der Waals surface area contributed by atoms with Gasteiger partial charge in [0, 0.05) is 14.8 Å². The number of benzene rings is 2.